The van der Waals surface area contributed by atoms with Crippen LogP contribution in [0.1, 0.15) is 43.2 Å². The maximum atomic E-state index is 13.5. The van der Waals surface area contributed by atoms with Crippen molar-refractivity contribution in [3.8, 4) is 5.75 Å². The second kappa shape index (κ2) is 9.89. The Labute approximate surface area is 210 Å². The zero-order valence-electron chi connectivity index (χ0n) is 19.1. The maximum absolute atomic E-state index is 13.5. The molecule has 2 aromatic carbocycles. The van der Waals surface area contributed by atoms with Crippen molar-refractivity contribution in [2.75, 3.05) is 6.61 Å². The van der Waals surface area contributed by atoms with Crippen molar-refractivity contribution in [3.63, 3.8) is 0 Å². The van der Waals surface area contributed by atoms with Crippen LogP contribution < -0.4 is 15.4 Å². The number of aliphatic hydroxyl groups excluding tert-OH is 1. The number of benzene rings is 2. The second-order valence-corrected chi connectivity index (χ2v) is 9.86. The molecule has 0 spiro atoms. The molecule has 2 aromatic rings. The van der Waals surface area contributed by atoms with Gasteiger partial charge in [0.05, 0.1) is 22.1 Å². The fourth-order valence-corrected chi connectivity index (χ4v) is 5.21. The van der Waals surface area contributed by atoms with Crippen LogP contribution in [0, 0.1) is 11.2 Å². The molecule has 36 heavy (non-hydrogen) atoms. The lowest BCUT2D eigenvalue weighted by Crippen LogP contribution is -2.65. The van der Waals surface area contributed by atoms with E-state index in [2.05, 4.69) is 10.6 Å². The van der Waals surface area contributed by atoms with Crippen LogP contribution in [0.2, 0.25) is 5.02 Å². The van der Waals surface area contributed by atoms with Gasteiger partial charge in [-0.15, -0.1) is 0 Å². The van der Waals surface area contributed by atoms with Crippen molar-refractivity contribution in [1.29, 1.82) is 0 Å². The molecule has 3 saturated carbocycles. The fraction of sp³-hybridized carbons (Fsp3) is 0.440. The summed E-state index contributed by atoms with van der Waals surface area (Å²) in [5.74, 6) is -1.38. The molecule has 5 rings (SSSR count). The van der Waals surface area contributed by atoms with E-state index < -0.39 is 46.4 Å². The summed E-state index contributed by atoms with van der Waals surface area (Å²) in [6.45, 7) is -0.455. The van der Waals surface area contributed by atoms with E-state index in [9.17, 15) is 32.3 Å². The SMILES string of the molecule is O=C(COc1ccc(Cl)c(F)c1)NC12CCC(C(=O)NCc3cccc(C(F)(F)F)c3)(CC1)C(O)C2. The first-order valence-corrected chi connectivity index (χ1v) is 11.8. The zero-order chi connectivity index (χ0) is 26.1. The average molecular weight is 529 g/mol. The molecule has 3 N–H and O–H groups in total. The highest BCUT2D eigenvalue weighted by Gasteiger charge is 2.58. The molecule has 2 bridgehead atoms. The topological polar surface area (TPSA) is 87.7 Å². The first-order valence-electron chi connectivity index (χ1n) is 11.4. The molecular formula is C25H25ClF4N2O4. The Kier molecular flexibility index (Phi) is 7.21. The van der Waals surface area contributed by atoms with Crippen LogP contribution in [0.25, 0.3) is 0 Å². The monoisotopic (exact) mass is 528 g/mol. The smallest absolute Gasteiger partial charge is 0.416 e. The summed E-state index contributed by atoms with van der Waals surface area (Å²) >= 11 is 5.63. The largest absolute Gasteiger partial charge is 0.484 e. The number of ether oxygens (including phenoxy) is 1. The number of aliphatic hydroxyl groups is 1. The average Bonchev–Trinajstić information content (AvgIpc) is 2.83. The number of alkyl halides is 3. The number of carbonyl (C=O) groups excluding carboxylic acids is 2. The molecule has 0 heterocycles. The van der Waals surface area contributed by atoms with Crippen LogP contribution in [0.15, 0.2) is 42.5 Å². The lowest BCUT2D eigenvalue weighted by Gasteiger charge is -2.55. The third kappa shape index (κ3) is 5.44. The molecule has 2 amide bonds. The number of rotatable bonds is 7. The zero-order valence-corrected chi connectivity index (χ0v) is 19.9. The molecule has 1 atom stereocenters. The van der Waals surface area contributed by atoms with E-state index >= 15 is 0 Å². The van der Waals surface area contributed by atoms with E-state index in [-0.39, 0.29) is 30.3 Å². The Morgan fingerprint density at radius 2 is 1.83 bits per heavy atom. The molecule has 194 valence electrons. The first kappa shape index (κ1) is 26.2. The molecule has 0 aliphatic heterocycles. The Morgan fingerprint density at radius 3 is 2.47 bits per heavy atom. The van der Waals surface area contributed by atoms with Gasteiger partial charge in [-0.1, -0.05) is 23.7 Å². The number of carbonyl (C=O) groups is 2. The Morgan fingerprint density at radius 1 is 1.11 bits per heavy atom. The number of hydrogen-bond donors (Lipinski definition) is 3. The van der Waals surface area contributed by atoms with Crippen molar-refractivity contribution in [2.45, 2.75) is 56.5 Å². The minimum absolute atomic E-state index is 0.0635. The molecule has 0 aromatic heterocycles. The quantitative estimate of drug-likeness (QED) is 0.466. The standard InChI is InChI=1S/C25H25ClF4N2O4/c26-18-5-4-17(11-19(18)27)36-14-21(34)32-23-6-8-24(9-7-23,20(33)12-23)22(35)31-13-15-2-1-3-16(10-15)25(28,29)30/h1-5,10-11,20,33H,6-9,12-14H2,(H,31,35)(H,32,34). The molecule has 0 saturated heterocycles. The van der Waals surface area contributed by atoms with Crippen LogP contribution >= 0.6 is 11.6 Å². The summed E-state index contributed by atoms with van der Waals surface area (Å²) in [7, 11) is 0. The minimum Gasteiger partial charge on any atom is -0.484 e. The molecule has 6 nitrogen and oxygen atoms in total. The van der Waals surface area contributed by atoms with Gasteiger partial charge in [-0.05, 0) is 61.9 Å². The summed E-state index contributed by atoms with van der Waals surface area (Å²) in [5.41, 5.74) is -2.26. The summed E-state index contributed by atoms with van der Waals surface area (Å²) in [5, 5.41) is 16.4. The summed E-state index contributed by atoms with van der Waals surface area (Å²) in [6, 6.07) is 8.55. The molecule has 3 aliphatic rings. The summed E-state index contributed by atoms with van der Waals surface area (Å²) in [4.78, 5) is 25.5. The lowest BCUT2D eigenvalue weighted by molar-refractivity contribution is -0.156. The van der Waals surface area contributed by atoms with E-state index in [1.807, 2.05) is 0 Å². The van der Waals surface area contributed by atoms with Crippen LogP contribution in [-0.2, 0) is 22.3 Å². The van der Waals surface area contributed by atoms with Gasteiger partial charge in [-0.3, -0.25) is 9.59 Å². The number of amides is 2. The van der Waals surface area contributed by atoms with E-state index in [0.717, 1.165) is 18.2 Å². The van der Waals surface area contributed by atoms with Gasteiger partial charge < -0.3 is 20.5 Å². The van der Waals surface area contributed by atoms with Gasteiger partial charge in [0.2, 0.25) is 5.91 Å². The molecule has 3 aliphatic carbocycles. The van der Waals surface area contributed by atoms with Gasteiger partial charge in [-0.2, -0.15) is 13.2 Å². The molecular weight excluding hydrogens is 504 g/mol. The van der Waals surface area contributed by atoms with Gasteiger partial charge in [0, 0.05) is 18.2 Å². The Bertz CT molecular complexity index is 1150. The lowest BCUT2D eigenvalue weighted by atomic mass is 9.55. The maximum Gasteiger partial charge on any atom is 0.416 e. The third-order valence-electron chi connectivity index (χ3n) is 7.15. The van der Waals surface area contributed by atoms with Gasteiger partial charge in [0.25, 0.3) is 5.91 Å². The van der Waals surface area contributed by atoms with Crippen LogP contribution in [-0.4, -0.2) is 35.2 Å². The molecule has 3 fully saturated rings. The molecule has 1 unspecified atom stereocenters. The Balaban J connectivity index is 1.32. The van der Waals surface area contributed by atoms with E-state index in [4.69, 9.17) is 16.3 Å². The first-order chi connectivity index (χ1) is 16.9. The van der Waals surface area contributed by atoms with Gasteiger partial charge in [0.15, 0.2) is 6.61 Å². The van der Waals surface area contributed by atoms with Gasteiger partial charge in [-0.25, -0.2) is 4.39 Å². The molecule has 0 radical (unpaired) electrons. The number of fused-ring (bicyclic) bond motifs is 3. The van der Waals surface area contributed by atoms with Crippen LogP contribution in [0.5, 0.6) is 5.75 Å². The van der Waals surface area contributed by atoms with Gasteiger partial charge >= 0.3 is 6.18 Å². The highest BCUT2D eigenvalue weighted by molar-refractivity contribution is 6.30. The Hall–Kier alpha value is -2.85. The number of halogens is 5. The fourth-order valence-electron chi connectivity index (χ4n) is 5.10. The van der Waals surface area contributed by atoms with Crippen molar-refractivity contribution < 1.29 is 37.0 Å². The van der Waals surface area contributed by atoms with Crippen molar-refractivity contribution in [2.24, 2.45) is 5.41 Å². The highest BCUT2D eigenvalue weighted by Crippen LogP contribution is 2.52. The molecule has 11 heteroatoms. The van der Waals surface area contributed by atoms with Crippen molar-refractivity contribution >= 4 is 23.4 Å². The van der Waals surface area contributed by atoms with Crippen molar-refractivity contribution in [1.82, 2.24) is 10.6 Å². The number of nitrogens with one attached hydrogen (secondary N) is 2. The van der Waals surface area contributed by atoms with E-state index in [0.29, 0.717) is 31.2 Å². The van der Waals surface area contributed by atoms with E-state index in [1.165, 1.54) is 24.3 Å². The second-order valence-electron chi connectivity index (χ2n) is 9.45. The summed E-state index contributed by atoms with van der Waals surface area (Å²) in [6.07, 6.45) is -3.84. The van der Waals surface area contributed by atoms with Gasteiger partial charge in [0.1, 0.15) is 11.6 Å². The van der Waals surface area contributed by atoms with Crippen LogP contribution in [0.4, 0.5) is 17.6 Å². The highest BCUT2D eigenvalue weighted by atomic mass is 35.5. The normalized spacial score (nSPS) is 25.3. The third-order valence-corrected chi connectivity index (χ3v) is 7.45. The number of hydrogen-bond acceptors (Lipinski definition) is 4. The predicted octanol–water partition coefficient (Wildman–Crippen LogP) is 4.37. The van der Waals surface area contributed by atoms with Crippen LogP contribution in [0.3, 0.4) is 0 Å². The summed E-state index contributed by atoms with van der Waals surface area (Å²) < 4.78 is 57.7. The minimum atomic E-state index is -4.48. The van der Waals surface area contributed by atoms with E-state index in [1.54, 1.807) is 0 Å². The van der Waals surface area contributed by atoms with Crippen molar-refractivity contribution in [3.05, 3.63) is 64.4 Å². The predicted molar refractivity (Wildman–Crippen MR) is 123 cm³/mol.